The highest BCUT2D eigenvalue weighted by molar-refractivity contribution is 5.85. The standard InChI is InChI=1S/C10H6N2O/c13-7-3-6-10-8-4-1-2-5-9(8)11-12-10/h1-2,4-5,7H,(H,11,12). The lowest BCUT2D eigenvalue weighted by molar-refractivity contribution is -0.103. The minimum absolute atomic E-state index is 0.565. The molecule has 1 aromatic carbocycles. The predicted octanol–water partition coefficient (Wildman–Crippen LogP) is 1.11. The second-order valence-electron chi connectivity index (χ2n) is 2.50. The highest BCUT2D eigenvalue weighted by Crippen LogP contribution is 2.13. The Hall–Kier alpha value is -2.08. The Bertz CT molecular complexity index is 502. The largest absolute Gasteiger partial charge is 0.289 e. The van der Waals surface area contributed by atoms with Gasteiger partial charge < -0.3 is 0 Å². The molecule has 13 heavy (non-hydrogen) atoms. The number of aldehydes is 1. The number of para-hydroxylation sites is 1. The lowest BCUT2D eigenvalue weighted by Gasteiger charge is -1.84. The maximum Gasteiger partial charge on any atom is 0.193 e. The van der Waals surface area contributed by atoms with E-state index < -0.39 is 0 Å². The van der Waals surface area contributed by atoms with Crippen molar-refractivity contribution < 1.29 is 4.79 Å². The van der Waals surface area contributed by atoms with Gasteiger partial charge in [0.05, 0.1) is 5.52 Å². The number of nitrogens with one attached hydrogen (secondary N) is 1. The Morgan fingerprint density at radius 1 is 1.38 bits per heavy atom. The van der Waals surface area contributed by atoms with Crippen LogP contribution < -0.4 is 0 Å². The van der Waals surface area contributed by atoms with E-state index >= 15 is 0 Å². The van der Waals surface area contributed by atoms with Crippen LogP contribution in [0.3, 0.4) is 0 Å². The fourth-order valence-electron chi connectivity index (χ4n) is 1.16. The highest BCUT2D eigenvalue weighted by atomic mass is 16.1. The van der Waals surface area contributed by atoms with Crippen molar-refractivity contribution >= 4 is 17.2 Å². The van der Waals surface area contributed by atoms with Crippen LogP contribution in [-0.4, -0.2) is 16.5 Å². The number of aromatic amines is 1. The molecular weight excluding hydrogens is 164 g/mol. The van der Waals surface area contributed by atoms with E-state index in [1.165, 1.54) is 0 Å². The van der Waals surface area contributed by atoms with Gasteiger partial charge in [-0.25, -0.2) is 0 Å². The van der Waals surface area contributed by atoms with Gasteiger partial charge in [0.25, 0.3) is 0 Å². The van der Waals surface area contributed by atoms with E-state index in [4.69, 9.17) is 0 Å². The fraction of sp³-hybridized carbons (Fsp3) is 0. The van der Waals surface area contributed by atoms with E-state index in [9.17, 15) is 4.79 Å². The van der Waals surface area contributed by atoms with Crippen molar-refractivity contribution in [2.45, 2.75) is 0 Å². The van der Waals surface area contributed by atoms with Crippen molar-refractivity contribution in [3.63, 3.8) is 0 Å². The van der Waals surface area contributed by atoms with E-state index in [-0.39, 0.29) is 0 Å². The lowest BCUT2D eigenvalue weighted by Crippen LogP contribution is -1.74. The molecule has 0 saturated carbocycles. The van der Waals surface area contributed by atoms with Gasteiger partial charge in [0, 0.05) is 5.39 Å². The van der Waals surface area contributed by atoms with Gasteiger partial charge in [-0.1, -0.05) is 12.1 Å². The van der Waals surface area contributed by atoms with E-state index in [1.54, 1.807) is 0 Å². The first-order chi connectivity index (χ1) is 6.42. The summed E-state index contributed by atoms with van der Waals surface area (Å²) in [5, 5.41) is 7.74. The topological polar surface area (TPSA) is 45.8 Å². The molecule has 0 amide bonds. The van der Waals surface area contributed by atoms with Crippen molar-refractivity contribution in [3.05, 3.63) is 30.0 Å². The summed E-state index contributed by atoms with van der Waals surface area (Å²) in [6.07, 6.45) is 0.565. The number of hydrogen-bond donors (Lipinski definition) is 1. The van der Waals surface area contributed by atoms with Crippen LogP contribution in [0.4, 0.5) is 0 Å². The summed E-state index contributed by atoms with van der Waals surface area (Å²) < 4.78 is 0. The number of benzene rings is 1. The minimum atomic E-state index is 0.565. The molecule has 0 aliphatic carbocycles. The number of carbonyl (C=O) groups is 1. The third-order valence-electron chi connectivity index (χ3n) is 1.72. The average Bonchev–Trinajstić information content (AvgIpc) is 2.58. The van der Waals surface area contributed by atoms with Crippen LogP contribution >= 0.6 is 0 Å². The average molecular weight is 170 g/mol. The first kappa shape index (κ1) is 7.56. The number of H-pyrrole nitrogens is 1. The Balaban J connectivity index is 2.64. The summed E-state index contributed by atoms with van der Waals surface area (Å²) in [6, 6.07) is 7.61. The van der Waals surface area contributed by atoms with E-state index in [0.717, 1.165) is 10.9 Å². The summed E-state index contributed by atoms with van der Waals surface area (Å²) >= 11 is 0. The summed E-state index contributed by atoms with van der Waals surface area (Å²) in [4.78, 5) is 10.0. The van der Waals surface area contributed by atoms with Crippen molar-refractivity contribution in [1.82, 2.24) is 10.2 Å². The van der Waals surface area contributed by atoms with Crippen LogP contribution in [0.25, 0.3) is 10.9 Å². The van der Waals surface area contributed by atoms with Gasteiger partial charge in [-0.15, -0.1) is 0 Å². The number of carbonyl (C=O) groups excluding carboxylic acids is 1. The molecule has 0 saturated heterocycles. The summed E-state index contributed by atoms with van der Waals surface area (Å²) in [7, 11) is 0. The molecule has 1 heterocycles. The van der Waals surface area contributed by atoms with E-state index in [2.05, 4.69) is 22.0 Å². The van der Waals surface area contributed by atoms with Gasteiger partial charge in [0.1, 0.15) is 5.69 Å². The van der Waals surface area contributed by atoms with Crippen LogP contribution in [-0.2, 0) is 4.79 Å². The molecule has 3 heteroatoms. The zero-order chi connectivity index (χ0) is 9.10. The Morgan fingerprint density at radius 2 is 2.23 bits per heavy atom. The van der Waals surface area contributed by atoms with Crippen LogP contribution in [0, 0.1) is 11.8 Å². The molecule has 1 aromatic heterocycles. The van der Waals surface area contributed by atoms with Crippen molar-refractivity contribution in [2.75, 3.05) is 0 Å². The van der Waals surface area contributed by atoms with Crippen LogP contribution in [0.15, 0.2) is 24.3 Å². The maximum absolute atomic E-state index is 10.0. The molecule has 2 aromatic rings. The molecule has 62 valence electrons. The van der Waals surface area contributed by atoms with E-state index in [1.807, 2.05) is 24.3 Å². The Morgan fingerprint density at radius 3 is 3.08 bits per heavy atom. The number of fused-ring (bicyclic) bond motifs is 1. The van der Waals surface area contributed by atoms with Crippen LogP contribution in [0.1, 0.15) is 5.69 Å². The maximum atomic E-state index is 10.0. The van der Waals surface area contributed by atoms with Gasteiger partial charge in [-0.2, -0.15) is 5.10 Å². The first-order valence-corrected chi connectivity index (χ1v) is 3.80. The smallest absolute Gasteiger partial charge is 0.193 e. The third-order valence-corrected chi connectivity index (χ3v) is 1.72. The molecule has 0 atom stereocenters. The number of aromatic nitrogens is 2. The van der Waals surface area contributed by atoms with Crippen molar-refractivity contribution in [3.8, 4) is 11.8 Å². The minimum Gasteiger partial charge on any atom is -0.289 e. The van der Waals surface area contributed by atoms with Crippen molar-refractivity contribution in [1.29, 1.82) is 0 Å². The SMILES string of the molecule is O=CC#Cc1[nH]nc2ccccc12. The normalized spacial score (nSPS) is 9.23. The summed E-state index contributed by atoms with van der Waals surface area (Å²) in [5.74, 6) is 5.02. The molecule has 0 bridgehead atoms. The number of rotatable bonds is 0. The summed E-state index contributed by atoms with van der Waals surface area (Å²) in [6.45, 7) is 0. The lowest BCUT2D eigenvalue weighted by atomic mass is 10.2. The second-order valence-corrected chi connectivity index (χ2v) is 2.50. The molecule has 0 unspecified atom stereocenters. The van der Waals surface area contributed by atoms with Gasteiger partial charge in [-0.3, -0.25) is 9.89 Å². The molecule has 0 spiro atoms. The second kappa shape index (κ2) is 3.11. The zero-order valence-corrected chi connectivity index (χ0v) is 6.74. The van der Waals surface area contributed by atoms with Crippen LogP contribution in [0.2, 0.25) is 0 Å². The van der Waals surface area contributed by atoms with Crippen LogP contribution in [0.5, 0.6) is 0 Å². The molecular formula is C10H6N2O. The van der Waals surface area contributed by atoms with E-state index in [0.29, 0.717) is 12.0 Å². The highest BCUT2D eigenvalue weighted by Gasteiger charge is 1.99. The van der Waals surface area contributed by atoms with Gasteiger partial charge in [0.15, 0.2) is 6.29 Å². The van der Waals surface area contributed by atoms with Gasteiger partial charge in [0.2, 0.25) is 0 Å². The monoisotopic (exact) mass is 170 g/mol. The molecule has 0 aliphatic rings. The molecule has 3 nitrogen and oxygen atoms in total. The summed E-state index contributed by atoms with van der Waals surface area (Å²) in [5.41, 5.74) is 1.54. The third kappa shape index (κ3) is 1.30. The molecule has 0 fully saturated rings. The number of nitrogens with zero attached hydrogens (tertiary/aromatic N) is 1. The zero-order valence-electron chi connectivity index (χ0n) is 6.74. The number of hydrogen-bond acceptors (Lipinski definition) is 2. The van der Waals surface area contributed by atoms with Crippen molar-refractivity contribution in [2.24, 2.45) is 0 Å². The molecule has 1 N–H and O–H groups in total. The fourth-order valence-corrected chi connectivity index (χ4v) is 1.16. The predicted molar refractivity (Wildman–Crippen MR) is 49.0 cm³/mol. The molecule has 2 rings (SSSR count). The Kier molecular flexibility index (Phi) is 1.81. The first-order valence-electron chi connectivity index (χ1n) is 3.80. The van der Waals surface area contributed by atoms with Gasteiger partial charge in [-0.05, 0) is 24.0 Å². The Labute approximate surface area is 74.8 Å². The van der Waals surface area contributed by atoms with Gasteiger partial charge >= 0.3 is 0 Å². The quantitative estimate of drug-likeness (QED) is 0.475. The molecule has 0 aliphatic heterocycles. The molecule has 0 radical (unpaired) electrons.